The number of aldehydes is 1. The minimum Gasteiger partial charge on any atom is -0.458 e. The largest absolute Gasteiger partial charge is 0.458 e. The van der Waals surface area contributed by atoms with Crippen LogP contribution in [0.25, 0.3) is 0 Å². The molecule has 0 bridgehead atoms. The van der Waals surface area contributed by atoms with Crippen LogP contribution >= 0.6 is 0 Å². The van der Waals surface area contributed by atoms with E-state index in [1.54, 1.807) is 6.92 Å². The Kier molecular flexibility index (Phi) is 4.63. The summed E-state index contributed by atoms with van der Waals surface area (Å²) in [5.74, 6) is -3.51. The van der Waals surface area contributed by atoms with Crippen LogP contribution in [0.15, 0.2) is 0 Å². The number of ketones is 3. The van der Waals surface area contributed by atoms with Gasteiger partial charge in [0.1, 0.15) is 23.5 Å². The molecule has 0 amide bonds. The molecule has 0 aliphatic heterocycles. The Hall–Kier alpha value is -1.89. The maximum Gasteiger partial charge on any atom is 0.303 e. The second kappa shape index (κ2) is 6.37. The molecule has 3 rings (SSSR count). The second-order valence-corrected chi connectivity index (χ2v) is 8.13. The van der Waals surface area contributed by atoms with E-state index in [1.807, 2.05) is 0 Å². The Bertz CT molecular complexity index is 683. The molecule has 142 valence electrons. The molecule has 0 spiro atoms. The van der Waals surface area contributed by atoms with Crippen LogP contribution in [0, 0.1) is 29.1 Å². The molecule has 0 saturated heterocycles. The zero-order valence-corrected chi connectivity index (χ0v) is 15.0. The molecule has 7 heteroatoms. The SMILES string of the molecule is CC(=O)OCC(=O)[C@@]1(O)CC[C@@H]2[C@@H]3CCC(=O)[C@H](C=O)[C@H]3C(=O)C[C@]21C. The van der Waals surface area contributed by atoms with Crippen LogP contribution in [0.3, 0.4) is 0 Å². The van der Waals surface area contributed by atoms with Gasteiger partial charge in [0.05, 0.1) is 5.92 Å². The first-order chi connectivity index (χ1) is 12.2. The van der Waals surface area contributed by atoms with Gasteiger partial charge in [-0.05, 0) is 31.1 Å². The molecule has 0 aromatic rings. The van der Waals surface area contributed by atoms with Gasteiger partial charge in [0, 0.05) is 31.1 Å². The Morgan fingerprint density at radius 1 is 1.27 bits per heavy atom. The highest BCUT2D eigenvalue weighted by atomic mass is 16.5. The van der Waals surface area contributed by atoms with Crippen LogP contribution in [0.4, 0.5) is 0 Å². The maximum absolute atomic E-state index is 12.8. The van der Waals surface area contributed by atoms with Crippen molar-refractivity contribution in [2.45, 2.75) is 51.6 Å². The molecule has 0 heterocycles. The summed E-state index contributed by atoms with van der Waals surface area (Å²) < 4.78 is 4.76. The first-order valence-corrected chi connectivity index (χ1v) is 9.05. The molecule has 0 aromatic heterocycles. The van der Waals surface area contributed by atoms with Crippen LogP contribution in [0.5, 0.6) is 0 Å². The summed E-state index contributed by atoms with van der Waals surface area (Å²) in [5.41, 5.74) is -2.72. The highest BCUT2D eigenvalue weighted by Crippen LogP contribution is 2.62. The van der Waals surface area contributed by atoms with Gasteiger partial charge in [0.25, 0.3) is 0 Å². The number of fused-ring (bicyclic) bond motifs is 3. The summed E-state index contributed by atoms with van der Waals surface area (Å²) in [4.78, 5) is 59.9. The lowest BCUT2D eigenvalue weighted by Gasteiger charge is -2.52. The third-order valence-electron chi connectivity index (χ3n) is 6.97. The lowest BCUT2D eigenvalue weighted by atomic mass is 9.51. The number of hydrogen-bond donors (Lipinski definition) is 1. The number of hydrogen-bond acceptors (Lipinski definition) is 7. The number of Topliss-reactive ketones (excluding diaryl/α,β-unsaturated/α-hetero) is 3. The Morgan fingerprint density at radius 2 is 1.96 bits per heavy atom. The van der Waals surface area contributed by atoms with E-state index in [4.69, 9.17) is 4.74 Å². The van der Waals surface area contributed by atoms with Crippen molar-refractivity contribution in [1.82, 2.24) is 0 Å². The zero-order chi connectivity index (χ0) is 19.3. The van der Waals surface area contributed by atoms with E-state index in [0.717, 1.165) is 0 Å². The number of ether oxygens (including phenoxy) is 1. The molecule has 3 aliphatic rings. The summed E-state index contributed by atoms with van der Waals surface area (Å²) in [6, 6.07) is 0. The molecule has 3 saturated carbocycles. The van der Waals surface area contributed by atoms with E-state index in [9.17, 15) is 29.1 Å². The van der Waals surface area contributed by atoms with Crippen LogP contribution < -0.4 is 0 Å². The summed E-state index contributed by atoms with van der Waals surface area (Å²) in [7, 11) is 0. The lowest BCUT2D eigenvalue weighted by molar-refractivity contribution is -0.173. The fourth-order valence-corrected chi connectivity index (χ4v) is 5.64. The van der Waals surface area contributed by atoms with Gasteiger partial charge in [-0.1, -0.05) is 6.92 Å². The Labute approximate surface area is 151 Å². The van der Waals surface area contributed by atoms with Gasteiger partial charge in [-0.15, -0.1) is 0 Å². The van der Waals surface area contributed by atoms with Crippen molar-refractivity contribution < 1.29 is 33.8 Å². The molecule has 3 aliphatic carbocycles. The molecule has 7 nitrogen and oxygen atoms in total. The third kappa shape index (κ3) is 2.55. The Morgan fingerprint density at radius 3 is 2.58 bits per heavy atom. The van der Waals surface area contributed by atoms with Gasteiger partial charge in [-0.2, -0.15) is 0 Å². The van der Waals surface area contributed by atoms with E-state index >= 15 is 0 Å². The van der Waals surface area contributed by atoms with Crippen molar-refractivity contribution in [2.24, 2.45) is 29.1 Å². The van der Waals surface area contributed by atoms with Crippen molar-refractivity contribution in [1.29, 1.82) is 0 Å². The van der Waals surface area contributed by atoms with Crippen molar-refractivity contribution in [2.75, 3.05) is 6.61 Å². The van der Waals surface area contributed by atoms with Crippen LogP contribution in [-0.2, 0) is 28.7 Å². The lowest BCUT2D eigenvalue weighted by Crippen LogP contribution is -2.60. The normalized spacial score (nSPS) is 42.0. The fraction of sp³-hybridized carbons (Fsp3) is 0.737. The van der Waals surface area contributed by atoms with Crippen LogP contribution in [0.1, 0.15) is 46.0 Å². The monoisotopic (exact) mass is 364 g/mol. The average molecular weight is 364 g/mol. The number of rotatable bonds is 4. The number of carbonyl (C=O) groups excluding carboxylic acids is 5. The van der Waals surface area contributed by atoms with Crippen molar-refractivity contribution >= 4 is 29.6 Å². The topological polar surface area (TPSA) is 115 Å². The molecule has 0 aromatic carbocycles. The minimum absolute atomic E-state index is 0.0568. The highest BCUT2D eigenvalue weighted by molar-refractivity contribution is 6.01. The second-order valence-electron chi connectivity index (χ2n) is 8.13. The zero-order valence-electron chi connectivity index (χ0n) is 15.0. The molecule has 0 radical (unpaired) electrons. The smallest absolute Gasteiger partial charge is 0.303 e. The van der Waals surface area contributed by atoms with E-state index in [0.29, 0.717) is 19.1 Å². The molecule has 3 fully saturated rings. The molecular formula is C19H24O7. The van der Waals surface area contributed by atoms with E-state index in [2.05, 4.69) is 0 Å². The van der Waals surface area contributed by atoms with E-state index in [1.165, 1.54) is 6.92 Å². The molecule has 6 atom stereocenters. The third-order valence-corrected chi connectivity index (χ3v) is 6.97. The predicted molar refractivity (Wildman–Crippen MR) is 87.8 cm³/mol. The van der Waals surface area contributed by atoms with E-state index < -0.39 is 41.2 Å². The van der Waals surface area contributed by atoms with Crippen molar-refractivity contribution in [3.8, 4) is 0 Å². The fourth-order valence-electron chi connectivity index (χ4n) is 5.64. The summed E-state index contributed by atoms with van der Waals surface area (Å²) in [6.45, 7) is 2.40. The molecule has 0 unspecified atom stereocenters. The highest BCUT2D eigenvalue weighted by Gasteiger charge is 2.67. The van der Waals surface area contributed by atoms with Gasteiger partial charge >= 0.3 is 5.97 Å². The van der Waals surface area contributed by atoms with Crippen molar-refractivity contribution in [3.63, 3.8) is 0 Å². The predicted octanol–water partition coefficient (Wildman–Crippen LogP) is 0.649. The van der Waals surface area contributed by atoms with Gasteiger partial charge < -0.3 is 14.6 Å². The number of aliphatic hydroxyl groups is 1. The number of carbonyl (C=O) groups is 5. The first-order valence-electron chi connectivity index (χ1n) is 9.05. The summed E-state index contributed by atoms with van der Waals surface area (Å²) in [6.07, 6.45) is 1.97. The van der Waals surface area contributed by atoms with E-state index in [-0.39, 0.29) is 42.7 Å². The molecule has 26 heavy (non-hydrogen) atoms. The quantitative estimate of drug-likeness (QED) is 0.442. The maximum atomic E-state index is 12.8. The van der Waals surface area contributed by atoms with Crippen LogP contribution in [-0.4, -0.2) is 46.9 Å². The van der Waals surface area contributed by atoms with Gasteiger partial charge in [-0.25, -0.2) is 0 Å². The Balaban J connectivity index is 1.92. The van der Waals surface area contributed by atoms with Crippen molar-refractivity contribution in [3.05, 3.63) is 0 Å². The summed E-state index contributed by atoms with van der Waals surface area (Å²) >= 11 is 0. The minimum atomic E-state index is -1.74. The molecule has 1 N–H and O–H groups in total. The van der Waals surface area contributed by atoms with Gasteiger partial charge in [-0.3, -0.25) is 19.2 Å². The van der Waals surface area contributed by atoms with Crippen LogP contribution in [0.2, 0.25) is 0 Å². The number of esters is 1. The first kappa shape index (κ1) is 18.9. The molecular weight excluding hydrogens is 340 g/mol. The van der Waals surface area contributed by atoms with Gasteiger partial charge in [0.2, 0.25) is 5.78 Å². The standard InChI is InChI=1S/C19H24O7/c1-10(21)26-9-16(24)19(25)6-5-13-11-3-4-14(22)12(8-20)17(11)15(23)7-18(13,19)2/h8,11-13,17,25H,3-7,9H2,1-2H3/t11-,12-,13+,17-,18+,19-/m0/s1. The van der Waals surface area contributed by atoms with Gasteiger partial charge in [0.15, 0.2) is 6.61 Å². The summed E-state index contributed by atoms with van der Waals surface area (Å²) in [5, 5.41) is 11.2. The average Bonchev–Trinajstić information content (AvgIpc) is 2.85.